The number of anilines is 3. The van der Waals surface area contributed by atoms with Crippen LogP contribution in [-0.4, -0.2) is 22.5 Å². The molecule has 0 saturated carbocycles. The lowest BCUT2D eigenvalue weighted by Crippen LogP contribution is -2.45. The maximum atomic E-state index is 13.4. The van der Waals surface area contributed by atoms with Crippen molar-refractivity contribution in [2.24, 2.45) is 0 Å². The molecule has 6 nitrogen and oxygen atoms in total. The summed E-state index contributed by atoms with van der Waals surface area (Å²) in [6.07, 6.45) is 1.66. The monoisotopic (exact) mass is 412 g/mol. The summed E-state index contributed by atoms with van der Waals surface area (Å²) in [6.45, 7) is 2.24. The number of fused-ring (bicyclic) bond motifs is 1. The number of nitrogens with zero attached hydrogens (tertiary/aromatic N) is 2. The van der Waals surface area contributed by atoms with Crippen molar-refractivity contribution in [3.63, 3.8) is 0 Å². The van der Waals surface area contributed by atoms with Gasteiger partial charge in [0, 0.05) is 23.1 Å². The molecular weight excluding hydrogens is 395 g/mol. The second-order valence-corrected chi connectivity index (χ2v) is 7.37. The first-order valence-electron chi connectivity index (χ1n) is 8.98. The normalized spacial score (nSPS) is 18.0. The number of halogens is 2. The number of nitrogens with one attached hydrogen (secondary N) is 2. The molecule has 148 valence electrons. The lowest BCUT2D eigenvalue weighted by molar-refractivity contribution is -0.124. The van der Waals surface area contributed by atoms with Crippen LogP contribution in [0, 0.1) is 5.82 Å². The van der Waals surface area contributed by atoms with E-state index in [1.165, 1.54) is 18.2 Å². The minimum Gasteiger partial charge on any atom is -0.375 e. The fourth-order valence-electron chi connectivity index (χ4n) is 3.15. The summed E-state index contributed by atoms with van der Waals surface area (Å²) < 4.78 is 19.0. The number of aromatic nitrogens is 2. The number of para-hydroxylation sites is 1. The van der Waals surface area contributed by atoms with E-state index in [9.17, 15) is 9.18 Å². The quantitative estimate of drug-likeness (QED) is 0.662. The first-order chi connectivity index (χ1) is 14.0. The largest absolute Gasteiger partial charge is 0.375 e. The number of carbonyl (C=O) groups excluding carboxylic acids is 1. The molecule has 2 N–H and O–H groups in total. The van der Waals surface area contributed by atoms with E-state index in [0.717, 1.165) is 11.3 Å². The van der Waals surface area contributed by atoms with Crippen LogP contribution in [0.2, 0.25) is 5.02 Å². The van der Waals surface area contributed by atoms with Gasteiger partial charge in [0.05, 0.1) is 23.9 Å². The van der Waals surface area contributed by atoms with Crippen LogP contribution in [0.15, 0.2) is 54.7 Å². The minimum atomic E-state index is -1.05. The van der Waals surface area contributed by atoms with Gasteiger partial charge in [0.2, 0.25) is 11.9 Å². The van der Waals surface area contributed by atoms with Crippen LogP contribution in [0.25, 0.3) is 0 Å². The summed E-state index contributed by atoms with van der Waals surface area (Å²) in [5.74, 6) is -0.488. The molecule has 4 rings (SSSR count). The van der Waals surface area contributed by atoms with Gasteiger partial charge < -0.3 is 15.4 Å². The van der Waals surface area contributed by atoms with Crippen LogP contribution < -0.4 is 10.6 Å². The van der Waals surface area contributed by atoms with Crippen molar-refractivity contribution in [1.82, 2.24) is 9.97 Å². The van der Waals surface area contributed by atoms with Crippen molar-refractivity contribution in [3.05, 3.63) is 76.8 Å². The molecule has 1 aliphatic rings. The molecule has 1 amide bonds. The molecule has 2 aromatic carbocycles. The number of carbonyl (C=O) groups is 1. The number of rotatable bonds is 4. The van der Waals surface area contributed by atoms with Gasteiger partial charge in [-0.25, -0.2) is 14.4 Å². The van der Waals surface area contributed by atoms with E-state index >= 15 is 0 Å². The zero-order valence-electron chi connectivity index (χ0n) is 15.6. The zero-order valence-corrected chi connectivity index (χ0v) is 16.3. The lowest BCUT2D eigenvalue weighted by Gasteiger charge is -2.33. The average molecular weight is 413 g/mol. The summed E-state index contributed by atoms with van der Waals surface area (Å²) in [4.78, 5) is 22.0. The van der Waals surface area contributed by atoms with Crippen molar-refractivity contribution in [1.29, 1.82) is 0 Å². The molecule has 2 heterocycles. The first-order valence-corrected chi connectivity index (χ1v) is 9.36. The maximum Gasteiger partial charge on any atom is 0.238 e. The smallest absolute Gasteiger partial charge is 0.238 e. The third-order valence-electron chi connectivity index (χ3n) is 4.74. The van der Waals surface area contributed by atoms with Crippen LogP contribution in [0.1, 0.15) is 18.2 Å². The van der Waals surface area contributed by atoms with Gasteiger partial charge in [0.25, 0.3) is 0 Å². The number of benzene rings is 2. The third-order valence-corrected chi connectivity index (χ3v) is 5.03. The fourth-order valence-corrected chi connectivity index (χ4v) is 3.33. The van der Waals surface area contributed by atoms with Crippen molar-refractivity contribution >= 4 is 34.8 Å². The van der Waals surface area contributed by atoms with Gasteiger partial charge in [-0.2, -0.15) is 0 Å². The molecule has 0 aliphatic carbocycles. The highest BCUT2D eigenvalue weighted by Crippen LogP contribution is 2.33. The molecule has 1 atom stereocenters. The highest BCUT2D eigenvalue weighted by Gasteiger charge is 2.42. The van der Waals surface area contributed by atoms with Gasteiger partial charge in [-0.05, 0) is 37.3 Å². The van der Waals surface area contributed by atoms with Gasteiger partial charge in [-0.1, -0.05) is 29.8 Å². The van der Waals surface area contributed by atoms with Crippen LogP contribution in [0.4, 0.5) is 21.7 Å². The molecule has 1 aromatic heterocycles. The SMILES string of the molecule is CC1(C(=O)Nc2ccc(F)c(Cl)c2)COCc2cnc(Nc3ccccc3)nc21. The number of ether oxygens (including phenoxy) is 1. The molecule has 0 bridgehead atoms. The molecule has 0 spiro atoms. The Morgan fingerprint density at radius 1 is 1.21 bits per heavy atom. The predicted molar refractivity (Wildman–Crippen MR) is 109 cm³/mol. The van der Waals surface area contributed by atoms with E-state index in [2.05, 4.69) is 20.6 Å². The summed E-state index contributed by atoms with van der Waals surface area (Å²) >= 11 is 5.82. The topological polar surface area (TPSA) is 76.1 Å². The average Bonchev–Trinajstić information content (AvgIpc) is 2.72. The summed E-state index contributed by atoms with van der Waals surface area (Å²) in [6, 6.07) is 13.5. The Balaban J connectivity index is 1.63. The predicted octanol–water partition coefficient (Wildman–Crippen LogP) is 4.44. The molecule has 29 heavy (non-hydrogen) atoms. The Bertz CT molecular complexity index is 1060. The van der Waals surface area contributed by atoms with Gasteiger partial charge in [0.15, 0.2) is 0 Å². The third kappa shape index (κ3) is 3.92. The molecule has 1 unspecified atom stereocenters. The minimum absolute atomic E-state index is 0.0649. The molecule has 3 aromatic rings. The molecule has 0 fully saturated rings. The van der Waals surface area contributed by atoms with E-state index in [-0.39, 0.29) is 17.5 Å². The standard InChI is InChI=1S/C21H18ClFN4O2/c1-21(19(28)25-15-7-8-17(23)16(22)9-15)12-29-11-13-10-24-20(27-18(13)21)26-14-5-3-2-4-6-14/h2-10H,11-12H2,1H3,(H,25,28)(H,24,26,27). The van der Waals surface area contributed by atoms with Gasteiger partial charge in [-0.15, -0.1) is 0 Å². The fraction of sp³-hybridized carbons (Fsp3) is 0.190. The molecule has 0 radical (unpaired) electrons. The van der Waals surface area contributed by atoms with Crippen molar-refractivity contribution in [3.8, 4) is 0 Å². The zero-order chi connectivity index (χ0) is 20.4. The number of amides is 1. The van der Waals surface area contributed by atoms with Crippen LogP contribution in [0.5, 0.6) is 0 Å². The van der Waals surface area contributed by atoms with Gasteiger partial charge >= 0.3 is 0 Å². The van der Waals surface area contributed by atoms with E-state index in [1.807, 2.05) is 30.3 Å². The van der Waals surface area contributed by atoms with Crippen molar-refractivity contribution in [2.45, 2.75) is 18.9 Å². The Morgan fingerprint density at radius 3 is 2.76 bits per heavy atom. The Kier molecular flexibility index (Phi) is 5.17. The van der Waals surface area contributed by atoms with Crippen molar-refractivity contribution < 1.29 is 13.9 Å². The van der Waals surface area contributed by atoms with E-state index < -0.39 is 11.2 Å². The number of hydrogen-bond acceptors (Lipinski definition) is 5. The highest BCUT2D eigenvalue weighted by atomic mass is 35.5. The van der Waals surface area contributed by atoms with E-state index in [1.54, 1.807) is 13.1 Å². The molecule has 0 saturated heterocycles. The van der Waals surface area contributed by atoms with Gasteiger partial charge in [0.1, 0.15) is 11.2 Å². The highest BCUT2D eigenvalue weighted by molar-refractivity contribution is 6.31. The molecular formula is C21H18ClFN4O2. The van der Waals surface area contributed by atoms with Crippen LogP contribution in [-0.2, 0) is 21.6 Å². The van der Waals surface area contributed by atoms with Crippen molar-refractivity contribution in [2.75, 3.05) is 17.2 Å². The Morgan fingerprint density at radius 2 is 2.00 bits per heavy atom. The molecule has 8 heteroatoms. The molecule has 1 aliphatic heterocycles. The second kappa shape index (κ2) is 7.77. The van der Waals surface area contributed by atoms with E-state index in [0.29, 0.717) is 23.9 Å². The summed E-state index contributed by atoms with van der Waals surface area (Å²) in [5.41, 5.74) is 1.51. The Hall–Kier alpha value is -3.03. The Labute approximate surface area is 172 Å². The van der Waals surface area contributed by atoms with Gasteiger partial charge in [-0.3, -0.25) is 4.79 Å². The second-order valence-electron chi connectivity index (χ2n) is 6.97. The lowest BCUT2D eigenvalue weighted by atomic mass is 9.82. The number of hydrogen-bond donors (Lipinski definition) is 2. The van der Waals surface area contributed by atoms with E-state index in [4.69, 9.17) is 16.3 Å². The maximum absolute atomic E-state index is 13.4. The van der Waals surface area contributed by atoms with Crippen LogP contribution >= 0.6 is 11.6 Å². The summed E-state index contributed by atoms with van der Waals surface area (Å²) in [5, 5.41) is 5.85. The van der Waals surface area contributed by atoms with Crippen LogP contribution in [0.3, 0.4) is 0 Å². The summed E-state index contributed by atoms with van der Waals surface area (Å²) in [7, 11) is 0. The first kappa shape index (κ1) is 19.3.